The number of Topliss-reactive ketones (excluding diaryl/α,β-unsaturated/α-hetero) is 1. The molecule has 1 N–H and O–H groups in total. The molecule has 0 fully saturated rings. The fourth-order valence-electron chi connectivity index (χ4n) is 3.01. The third-order valence-corrected chi connectivity index (χ3v) is 4.47. The van der Waals surface area contributed by atoms with Crippen LogP contribution in [0.5, 0.6) is 5.75 Å². The smallest absolute Gasteiger partial charge is 0.337 e. The van der Waals surface area contributed by atoms with E-state index in [4.69, 9.17) is 9.47 Å². The summed E-state index contributed by atoms with van der Waals surface area (Å²) < 4.78 is 10.5. The van der Waals surface area contributed by atoms with Crippen molar-refractivity contribution in [1.29, 1.82) is 0 Å². The van der Waals surface area contributed by atoms with E-state index in [1.165, 1.54) is 13.2 Å². The highest BCUT2D eigenvalue weighted by Gasteiger charge is 2.38. The minimum atomic E-state index is -1.14. The SMILES string of the molecule is COC1=CC2C(=O)c3cc(OC)c(C)c(C)c3N=C2C(C(=O)O)=C1. The monoisotopic (exact) mass is 327 g/mol. The summed E-state index contributed by atoms with van der Waals surface area (Å²) in [5.74, 6) is -1.17. The number of ketones is 1. The number of aliphatic carboxylic acids is 1. The number of carboxylic acid groups (broad SMARTS) is 1. The Bertz CT molecular complexity index is 861. The maximum atomic E-state index is 13.0. The summed E-state index contributed by atoms with van der Waals surface area (Å²) in [6, 6.07) is 1.67. The fourth-order valence-corrected chi connectivity index (χ4v) is 3.01. The van der Waals surface area contributed by atoms with Crippen LogP contribution < -0.4 is 4.74 Å². The van der Waals surface area contributed by atoms with E-state index >= 15 is 0 Å². The lowest BCUT2D eigenvalue weighted by molar-refractivity contribution is -0.132. The highest BCUT2D eigenvalue weighted by atomic mass is 16.5. The van der Waals surface area contributed by atoms with Gasteiger partial charge in [-0.1, -0.05) is 0 Å². The molecule has 0 saturated heterocycles. The summed E-state index contributed by atoms with van der Waals surface area (Å²) in [5.41, 5.74) is 2.83. The molecule has 1 atom stereocenters. The van der Waals surface area contributed by atoms with Crippen molar-refractivity contribution in [2.45, 2.75) is 13.8 Å². The third-order valence-electron chi connectivity index (χ3n) is 4.47. The average Bonchev–Trinajstić information content (AvgIpc) is 2.57. The number of rotatable bonds is 3. The van der Waals surface area contributed by atoms with Crippen molar-refractivity contribution in [3.05, 3.63) is 46.2 Å². The van der Waals surface area contributed by atoms with E-state index in [0.717, 1.165) is 11.1 Å². The minimum Gasteiger partial charge on any atom is -0.497 e. The molecule has 0 spiro atoms. The molecule has 6 nitrogen and oxygen atoms in total. The van der Waals surface area contributed by atoms with Crippen molar-refractivity contribution >= 4 is 23.2 Å². The van der Waals surface area contributed by atoms with Crippen molar-refractivity contribution in [3.63, 3.8) is 0 Å². The number of ether oxygens (including phenoxy) is 2. The van der Waals surface area contributed by atoms with Crippen LogP contribution in [0.1, 0.15) is 21.5 Å². The Balaban J connectivity index is 2.28. The minimum absolute atomic E-state index is 0.0220. The van der Waals surface area contributed by atoms with Gasteiger partial charge in [-0.25, -0.2) is 4.79 Å². The van der Waals surface area contributed by atoms with Gasteiger partial charge in [0, 0.05) is 5.56 Å². The van der Waals surface area contributed by atoms with Gasteiger partial charge in [-0.05, 0) is 43.2 Å². The summed E-state index contributed by atoms with van der Waals surface area (Å²) in [5, 5.41) is 9.47. The number of fused-ring (bicyclic) bond motifs is 2. The predicted octanol–water partition coefficient (Wildman–Crippen LogP) is 2.75. The number of carbonyl (C=O) groups is 2. The van der Waals surface area contributed by atoms with Gasteiger partial charge in [0.2, 0.25) is 0 Å². The van der Waals surface area contributed by atoms with Gasteiger partial charge in [-0.3, -0.25) is 9.79 Å². The van der Waals surface area contributed by atoms with E-state index < -0.39 is 11.9 Å². The van der Waals surface area contributed by atoms with E-state index in [2.05, 4.69) is 4.99 Å². The summed E-state index contributed by atoms with van der Waals surface area (Å²) in [6.45, 7) is 3.72. The Hall–Kier alpha value is -2.89. The van der Waals surface area contributed by atoms with E-state index in [-0.39, 0.29) is 17.1 Å². The predicted molar refractivity (Wildman–Crippen MR) is 88.2 cm³/mol. The number of benzene rings is 1. The zero-order valence-electron chi connectivity index (χ0n) is 13.8. The first-order chi connectivity index (χ1) is 11.4. The summed E-state index contributed by atoms with van der Waals surface area (Å²) in [7, 11) is 2.98. The maximum absolute atomic E-state index is 13.0. The van der Waals surface area contributed by atoms with Crippen molar-refractivity contribution in [1.82, 2.24) is 0 Å². The lowest BCUT2D eigenvalue weighted by Gasteiger charge is -2.27. The zero-order chi connectivity index (χ0) is 17.6. The highest BCUT2D eigenvalue weighted by Crippen LogP contribution is 2.40. The topological polar surface area (TPSA) is 85.2 Å². The number of hydrogen-bond acceptors (Lipinski definition) is 5. The molecule has 2 aliphatic rings. The lowest BCUT2D eigenvalue weighted by Crippen LogP contribution is -2.32. The molecule has 1 unspecified atom stereocenters. The summed E-state index contributed by atoms with van der Waals surface area (Å²) in [6.07, 6.45) is 2.99. The molecule has 3 rings (SSSR count). The Labute approximate surface area is 139 Å². The first-order valence-electron chi connectivity index (χ1n) is 7.41. The van der Waals surface area contributed by atoms with Gasteiger partial charge < -0.3 is 14.6 Å². The number of methoxy groups -OCH3 is 2. The quantitative estimate of drug-likeness (QED) is 0.922. The van der Waals surface area contributed by atoms with Crippen LogP contribution in [0.25, 0.3) is 0 Å². The molecule has 1 aromatic carbocycles. The van der Waals surface area contributed by atoms with Gasteiger partial charge in [-0.2, -0.15) is 0 Å². The molecule has 124 valence electrons. The van der Waals surface area contributed by atoms with Gasteiger partial charge in [0.1, 0.15) is 11.5 Å². The van der Waals surface area contributed by atoms with Crippen molar-refractivity contribution < 1.29 is 24.2 Å². The zero-order valence-corrected chi connectivity index (χ0v) is 13.8. The van der Waals surface area contributed by atoms with Gasteiger partial charge in [-0.15, -0.1) is 0 Å². The van der Waals surface area contributed by atoms with Crippen LogP contribution in [0.4, 0.5) is 5.69 Å². The Morgan fingerprint density at radius 3 is 2.50 bits per heavy atom. The Morgan fingerprint density at radius 2 is 1.92 bits per heavy atom. The average molecular weight is 327 g/mol. The molecular formula is C18H17NO5. The lowest BCUT2D eigenvalue weighted by atomic mass is 9.81. The van der Waals surface area contributed by atoms with Gasteiger partial charge in [0.25, 0.3) is 0 Å². The van der Waals surface area contributed by atoms with E-state index in [1.54, 1.807) is 19.3 Å². The molecule has 1 aliphatic heterocycles. The number of carbonyl (C=O) groups excluding carboxylic acids is 1. The molecule has 1 aromatic rings. The fraction of sp³-hybridized carbons (Fsp3) is 0.278. The van der Waals surface area contributed by atoms with Crippen molar-refractivity contribution in [2.75, 3.05) is 14.2 Å². The van der Waals surface area contributed by atoms with Crippen LogP contribution in [-0.4, -0.2) is 36.8 Å². The molecule has 0 saturated carbocycles. The molecule has 0 amide bonds. The number of aliphatic imine (C=N–C) groups is 1. The normalized spacial score (nSPS) is 18.8. The van der Waals surface area contributed by atoms with Crippen LogP contribution in [0.2, 0.25) is 0 Å². The van der Waals surface area contributed by atoms with E-state index in [1.807, 2.05) is 13.8 Å². The van der Waals surface area contributed by atoms with Crippen LogP contribution >= 0.6 is 0 Å². The number of nitrogens with zero attached hydrogens (tertiary/aromatic N) is 1. The van der Waals surface area contributed by atoms with Crippen LogP contribution in [-0.2, 0) is 9.53 Å². The van der Waals surface area contributed by atoms with Crippen LogP contribution in [0.15, 0.2) is 34.5 Å². The molecule has 0 bridgehead atoms. The van der Waals surface area contributed by atoms with E-state index in [0.29, 0.717) is 22.8 Å². The van der Waals surface area contributed by atoms with Gasteiger partial charge in [0.05, 0.1) is 37.1 Å². The Kier molecular flexibility index (Phi) is 3.75. The second-order valence-corrected chi connectivity index (χ2v) is 5.70. The summed E-state index contributed by atoms with van der Waals surface area (Å²) in [4.78, 5) is 29.1. The number of allylic oxidation sites excluding steroid dienone is 2. The summed E-state index contributed by atoms with van der Waals surface area (Å²) >= 11 is 0. The second-order valence-electron chi connectivity index (χ2n) is 5.70. The third kappa shape index (κ3) is 2.22. The molecular weight excluding hydrogens is 310 g/mol. The van der Waals surface area contributed by atoms with Gasteiger partial charge in [0.15, 0.2) is 5.78 Å². The van der Waals surface area contributed by atoms with Crippen molar-refractivity contribution in [2.24, 2.45) is 10.9 Å². The first-order valence-corrected chi connectivity index (χ1v) is 7.41. The maximum Gasteiger partial charge on any atom is 0.337 e. The molecule has 6 heteroatoms. The number of hydrogen-bond donors (Lipinski definition) is 1. The molecule has 1 aliphatic carbocycles. The van der Waals surface area contributed by atoms with Crippen LogP contribution in [0, 0.1) is 19.8 Å². The largest absolute Gasteiger partial charge is 0.497 e. The Morgan fingerprint density at radius 1 is 1.21 bits per heavy atom. The molecule has 0 radical (unpaired) electrons. The highest BCUT2D eigenvalue weighted by molar-refractivity contribution is 6.32. The van der Waals surface area contributed by atoms with E-state index in [9.17, 15) is 14.7 Å². The molecule has 1 heterocycles. The first kappa shape index (κ1) is 16.0. The standard InChI is InChI=1S/C18H17NO5/c1-8-9(2)15-12(7-14(8)24-4)17(20)11-5-10(23-3)6-13(18(21)22)16(11)19-15/h5-7,11H,1-4H3,(H,21,22). The second kappa shape index (κ2) is 5.63. The molecule has 0 aromatic heterocycles. The number of carboxylic acids is 1. The van der Waals surface area contributed by atoms with Crippen LogP contribution in [0.3, 0.4) is 0 Å². The van der Waals surface area contributed by atoms with Gasteiger partial charge >= 0.3 is 5.97 Å². The molecule has 24 heavy (non-hydrogen) atoms. The van der Waals surface area contributed by atoms with Crippen molar-refractivity contribution in [3.8, 4) is 5.75 Å².